The van der Waals surface area contributed by atoms with Gasteiger partial charge in [-0.2, -0.15) is 0 Å². The van der Waals surface area contributed by atoms with E-state index in [1.54, 1.807) is 0 Å². The Morgan fingerprint density at radius 2 is 0.771 bits per heavy atom. The molecular formula is C32H19BrN2. The number of hydrogen-bond acceptors (Lipinski definition) is 2. The Labute approximate surface area is 211 Å². The van der Waals surface area contributed by atoms with E-state index in [0.717, 1.165) is 22.5 Å². The quantitative estimate of drug-likeness (QED) is 0.171. The molecule has 2 nitrogen and oxygen atoms in total. The largest absolute Gasteiger partial charge is 0.222 e. The summed E-state index contributed by atoms with van der Waals surface area (Å²) in [7, 11) is 0. The van der Waals surface area contributed by atoms with Gasteiger partial charge in [-0.05, 0) is 77.2 Å². The van der Waals surface area contributed by atoms with E-state index in [4.69, 9.17) is 9.97 Å². The number of nitrogens with zero attached hydrogens (tertiary/aromatic N) is 2. The predicted octanol–water partition coefficient (Wildman–Crippen LogP) is 9.19. The molecule has 0 saturated carbocycles. The van der Waals surface area contributed by atoms with Gasteiger partial charge < -0.3 is 0 Å². The molecule has 35 heavy (non-hydrogen) atoms. The van der Waals surface area contributed by atoms with Crippen LogP contribution in [0.25, 0.3) is 65.6 Å². The summed E-state index contributed by atoms with van der Waals surface area (Å²) in [6.07, 6.45) is 0. The average Bonchev–Trinajstić information content (AvgIpc) is 2.92. The van der Waals surface area contributed by atoms with Crippen LogP contribution < -0.4 is 0 Å². The summed E-state index contributed by atoms with van der Waals surface area (Å²) >= 11 is 3.61. The Morgan fingerprint density at radius 3 is 1.23 bits per heavy atom. The van der Waals surface area contributed by atoms with Crippen molar-refractivity contribution in [2.24, 2.45) is 0 Å². The first-order chi connectivity index (χ1) is 17.3. The molecule has 1 heterocycles. The minimum Gasteiger partial charge on any atom is -0.222 e. The van der Waals surface area contributed by atoms with E-state index in [9.17, 15) is 0 Å². The topological polar surface area (TPSA) is 25.8 Å². The third-order valence-corrected chi connectivity index (χ3v) is 7.14. The Kier molecular flexibility index (Phi) is 4.64. The van der Waals surface area contributed by atoms with Crippen LogP contribution in [-0.2, 0) is 0 Å². The zero-order chi connectivity index (χ0) is 23.4. The molecule has 0 fully saturated rings. The van der Waals surface area contributed by atoms with Gasteiger partial charge in [0.15, 0.2) is 4.73 Å². The monoisotopic (exact) mass is 510 g/mol. The predicted molar refractivity (Wildman–Crippen MR) is 151 cm³/mol. The fraction of sp³-hybridized carbons (Fsp3) is 0. The van der Waals surface area contributed by atoms with Crippen molar-refractivity contribution >= 4 is 59.0 Å². The maximum absolute atomic E-state index is 4.83. The zero-order valence-corrected chi connectivity index (χ0v) is 20.3. The molecule has 6 aromatic carbocycles. The van der Waals surface area contributed by atoms with Gasteiger partial charge in [0.2, 0.25) is 0 Å². The molecule has 0 aliphatic carbocycles. The summed E-state index contributed by atoms with van der Waals surface area (Å²) in [5, 5.41) is 9.74. The van der Waals surface area contributed by atoms with E-state index in [0.29, 0.717) is 4.73 Å². The number of rotatable bonds is 2. The number of halogens is 1. The standard InChI is InChI=1S/C32H19BrN2/c33-32-34-30(28-17-20-9-1-3-11-22(20)24-13-5-7-15-26(24)28)19-31(35-32)29-18-21-10-2-4-12-23(21)25-14-6-8-16-27(25)29/h1-19H. The van der Waals surface area contributed by atoms with Crippen LogP contribution >= 0.6 is 15.9 Å². The van der Waals surface area contributed by atoms with Gasteiger partial charge in [0.05, 0.1) is 11.4 Å². The number of fused-ring (bicyclic) bond motifs is 6. The van der Waals surface area contributed by atoms with E-state index in [1.807, 2.05) is 0 Å². The second kappa shape index (κ2) is 8.00. The SMILES string of the molecule is Brc1nc(-c2cc3ccccc3c3ccccc23)cc(-c2cc3ccccc3c3ccccc23)n1. The summed E-state index contributed by atoms with van der Waals surface area (Å²) in [5.41, 5.74) is 4.02. The lowest BCUT2D eigenvalue weighted by Gasteiger charge is -2.13. The molecule has 0 radical (unpaired) electrons. The summed E-state index contributed by atoms with van der Waals surface area (Å²) in [6.45, 7) is 0. The molecule has 0 bridgehead atoms. The first kappa shape index (κ1) is 20.3. The van der Waals surface area contributed by atoms with Crippen LogP contribution in [0.2, 0.25) is 0 Å². The molecule has 0 unspecified atom stereocenters. The highest BCUT2D eigenvalue weighted by atomic mass is 79.9. The lowest BCUT2D eigenvalue weighted by molar-refractivity contribution is 1.12. The van der Waals surface area contributed by atoms with Gasteiger partial charge >= 0.3 is 0 Å². The zero-order valence-electron chi connectivity index (χ0n) is 18.7. The molecule has 1 aromatic heterocycles. The number of benzene rings is 6. The molecule has 0 saturated heterocycles. The van der Waals surface area contributed by atoms with Crippen molar-refractivity contribution in [2.75, 3.05) is 0 Å². The molecular weight excluding hydrogens is 492 g/mol. The Morgan fingerprint density at radius 1 is 0.400 bits per heavy atom. The van der Waals surface area contributed by atoms with E-state index >= 15 is 0 Å². The van der Waals surface area contributed by atoms with Crippen LogP contribution in [0.4, 0.5) is 0 Å². The molecule has 0 N–H and O–H groups in total. The van der Waals surface area contributed by atoms with Crippen molar-refractivity contribution in [1.29, 1.82) is 0 Å². The maximum Gasteiger partial charge on any atom is 0.197 e. The minimum absolute atomic E-state index is 0.583. The van der Waals surface area contributed by atoms with Gasteiger partial charge in [-0.1, -0.05) is 97.1 Å². The van der Waals surface area contributed by atoms with Crippen LogP contribution in [0.1, 0.15) is 0 Å². The molecule has 0 aliphatic heterocycles. The van der Waals surface area contributed by atoms with Crippen LogP contribution in [0, 0.1) is 0 Å². The van der Waals surface area contributed by atoms with E-state index in [-0.39, 0.29) is 0 Å². The fourth-order valence-corrected chi connectivity index (χ4v) is 5.61. The smallest absolute Gasteiger partial charge is 0.197 e. The van der Waals surface area contributed by atoms with Gasteiger partial charge in [-0.3, -0.25) is 0 Å². The molecule has 7 rings (SSSR count). The third kappa shape index (κ3) is 3.31. The molecule has 3 heteroatoms. The Bertz CT molecular complexity index is 1790. The molecule has 0 spiro atoms. The molecule has 7 aromatic rings. The lowest BCUT2D eigenvalue weighted by atomic mass is 9.93. The normalized spacial score (nSPS) is 11.6. The third-order valence-electron chi connectivity index (χ3n) is 6.79. The molecule has 0 amide bonds. The van der Waals surface area contributed by atoms with Crippen LogP contribution in [0.5, 0.6) is 0 Å². The Balaban J connectivity index is 1.54. The first-order valence-electron chi connectivity index (χ1n) is 11.6. The van der Waals surface area contributed by atoms with E-state index in [1.165, 1.54) is 43.1 Å². The van der Waals surface area contributed by atoms with E-state index < -0.39 is 0 Å². The van der Waals surface area contributed by atoms with E-state index in [2.05, 4.69) is 131 Å². The van der Waals surface area contributed by atoms with Crippen LogP contribution in [-0.4, -0.2) is 9.97 Å². The number of aromatic nitrogens is 2. The van der Waals surface area contributed by atoms with Crippen LogP contribution in [0.3, 0.4) is 0 Å². The van der Waals surface area contributed by atoms with Gasteiger partial charge in [0, 0.05) is 11.1 Å². The highest BCUT2D eigenvalue weighted by Gasteiger charge is 2.15. The maximum atomic E-state index is 4.83. The van der Waals surface area contributed by atoms with Crippen molar-refractivity contribution in [3.05, 3.63) is 120 Å². The van der Waals surface area contributed by atoms with Gasteiger partial charge in [0.25, 0.3) is 0 Å². The fourth-order valence-electron chi connectivity index (χ4n) is 5.23. The number of hydrogen-bond donors (Lipinski definition) is 0. The van der Waals surface area contributed by atoms with Crippen molar-refractivity contribution in [1.82, 2.24) is 9.97 Å². The molecule has 164 valence electrons. The lowest BCUT2D eigenvalue weighted by Crippen LogP contribution is -1.94. The molecule has 0 aliphatic rings. The van der Waals surface area contributed by atoms with Gasteiger partial charge in [-0.15, -0.1) is 0 Å². The summed E-state index contributed by atoms with van der Waals surface area (Å²) < 4.78 is 0.583. The highest BCUT2D eigenvalue weighted by molar-refractivity contribution is 9.10. The second-order valence-electron chi connectivity index (χ2n) is 8.79. The van der Waals surface area contributed by atoms with Crippen molar-refractivity contribution in [3.63, 3.8) is 0 Å². The molecule has 0 atom stereocenters. The van der Waals surface area contributed by atoms with Gasteiger partial charge in [-0.25, -0.2) is 9.97 Å². The summed E-state index contributed by atoms with van der Waals surface area (Å²) in [4.78, 5) is 9.67. The van der Waals surface area contributed by atoms with Crippen molar-refractivity contribution in [3.8, 4) is 22.5 Å². The van der Waals surface area contributed by atoms with Gasteiger partial charge in [0.1, 0.15) is 0 Å². The van der Waals surface area contributed by atoms with Crippen molar-refractivity contribution in [2.45, 2.75) is 0 Å². The minimum atomic E-state index is 0.583. The summed E-state index contributed by atoms with van der Waals surface area (Å²) in [6, 6.07) is 40.8. The summed E-state index contributed by atoms with van der Waals surface area (Å²) in [5.74, 6) is 0. The van der Waals surface area contributed by atoms with Crippen molar-refractivity contribution < 1.29 is 0 Å². The van der Waals surface area contributed by atoms with Crippen LogP contribution in [0.15, 0.2) is 120 Å². The Hall–Kier alpha value is -4.08. The highest BCUT2D eigenvalue weighted by Crippen LogP contribution is 2.38. The average molecular weight is 511 g/mol. The second-order valence-corrected chi connectivity index (χ2v) is 9.50. The first-order valence-corrected chi connectivity index (χ1v) is 12.4.